The highest BCUT2D eigenvalue weighted by Gasteiger charge is 2.17. The molecule has 0 unspecified atom stereocenters. The summed E-state index contributed by atoms with van der Waals surface area (Å²) in [5, 5.41) is 10.5. The van der Waals surface area contributed by atoms with E-state index in [1.54, 1.807) is 5.38 Å². The second-order valence-electron chi connectivity index (χ2n) is 3.94. The molecule has 0 radical (unpaired) electrons. The predicted octanol–water partition coefficient (Wildman–Crippen LogP) is 1.95. The topological polar surface area (TPSA) is 66.4 Å². The predicted molar refractivity (Wildman–Crippen MR) is 69.5 cm³/mol. The number of aliphatic hydroxyl groups is 1. The van der Waals surface area contributed by atoms with Crippen molar-refractivity contribution in [1.29, 1.82) is 0 Å². The van der Waals surface area contributed by atoms with Crippen molar-refractivity contribution in [2.24, 2.45) is 5.92 Å². The van der Waals surface area contributed by atoms with Crippen molar-refractivity contribution in [3.8, 4) is 0 Å². The van der Waals surface area contributed by atoms with Gasteiger partial charge in [0.05, 0.1) is 11.5 Å². The van der Waals surface area contributed by atoms with Gasteiger partial charge in [-0.05, 0) is 12.0 Å². The second kappa shape index (κ2) is 6.49. The molecule has 2 N–H and O–H groups in total. The lowest BCUT2D eigenvalue weighted by atomic mass is 10.0. The van der Waals surface area contributed by atoms with Crippen molar-refractivity contribution in [3.05, 3.63) is 16.3 Å². The van der Waals surface area contributed by atoms with Crippen molar-refractivity contribution in [1.82, 2.24) is 4.72 Å². The van der Waals surface area contributed by atoms with Gasteiger partial charge in [-0.1, -0.05) is 26.7 Å². The fourth-order valence-corrected chi connectivity index (χ4v) is 3.72. The minimum absolute atomic E-state index is 0.118. The molecule has 0 saturated heterocycles. The Morgan fingerprint density at radius 2 is 2.06 bits per heavy atom. The van der Waals surface area contributed by atoms with E-state index in [1.807, 2.05) is 0 Å². The van der Waals surface area contributed by atoms with Crippen LogP contribution in [0.2, 0.25) is 0 Å². The summed E-state index contributed by atoms with van der Waals surface area (Å²) >= 11 is 1.25. The van der Waals surface area contributed by atoms with Crippen molar-refractivity contribution in [3.63, 3.8) is 0 Å². The molecule has 0 fully saturated rings. The molecule has 6 heteroatoms. The van der Waals surface area contributed by atoms with E-state index in [1.165, 1.54) is 17.4 Å². The van der Waals surface area contributed by atoms with Gasteiger partial charge in [0.25, 0.3) is 0 Å². The number of rotatable bonds is 7. The zero-order valence-electron chi connectivity index (χ0n) is 10.1. The van der Waals surface area contributed by atoms with Crippen LogP contribution in [0.1, 0.15) is 31.6 Å². The van der Waals surface area contributed by atoms with E-state index >= 15 is 0 Å². The monoisotopic (exact) mass is 277 g/mol. The molecule has 4 nitrogen and oxygen atoms in total. The molecule has 0 aliphatic carbocycles. The Morgan fingerprint density at radius 3 is 2.53 bits per heavy atom. The Bertz CT molecular complexity index is 435. The molecule has 1 aromatic heterocycles. The lowest BCUT2D eigenvalue weighted by Crippen LogP contribution is -2.28. The first-order valence-electron chi connectivity index (χ1n) is 5.71. The van der Waals surface area contributed by atoms with Crippen molar-refractivity contribution < 1.29 is 13.5 Å². The summed E-state index contributed by atoms with van der Waals surface area (Å²) in [4.78, 5) is 0.908. The Hall–Kier alpha value is -0.430. The number of thiophene rings is 1. The molecule has 0 aromatic carbocycles. The molecular weight excluding hydrogens is 258 g/mol. The van der Waals surface area contributed by atoms with Gasteiger partial charge in [-0.2, -0.15) is 0 Å². The molecule has 0 bridgehead atoms. The maximum absolute atomic E-state index is 11.9. The van der Waals surface area contributed by atoms with Gasteiger partial charge in [0.2, 0.25) is 10.0 Å². The fraction of sp³-hybridized carbons (Fsp3) is 0.636. The van der Waals surface area contributed by atoms with Crippen LogP contribution >= 0.6 is 11.3 Å². The third-order valence-electron chi connectivity index (χ3n) is 2.81. The Morgan fingerprint density at radius 1 is 1.41 bits per heavy atom. The summed E-state index contributed by atoms with van der Waals surface area (Å²) in [6.45, 7) is 4.46. The third kappa shape index (κ3) is 4.06. The molecule has 1 rings (SSSR count). The highest BCUT2D eigenvalue weighted by molar-refractivity contribution is 7.89. The first-order chi connectivity index (χ1) is 8.03. The van der Waals surface area contributed by atoms with E-state index < -0.39 is 10.0 Å². The molecule has 0 amide bonds. The zero-order chi connectivity index (χ0) is 12.9. The van der Waals surface area contributed by atoms with Gasteiger partial charge in [0.1, 0.15) is 0 Å². The molecule has 0 saturated carbocycles. The minimum atomic E-state index is -3.42. The summed E-state index contributed by atoms with van der Waals surface area (Å²) in [5.41, 5.74) is 0. The van der Waals surface area contributed by atoms with Gasteiger partial charge in [-0.3, -0.25) is 0 Å². The van der Waals surface area contributed by atoms with E-state index in [9.17, 15) is 8.42 Å². The first-order valence-corrected chi connectivity index (χ1v) is 8.07. The van der Waals surface area contributed by atoms with Crippen LogP contribution in [-0.4, -0.2) is 20.1 Å². The van der Waals surface area contributed by atoms with Gasteiger partial charge < -0.3 is 5.11 Å². The molecule has 1 aromatic rings. The van der Waals surface area contributed by atoms with E-state index in [0.29, 0.717) is 17.3 Å². The molecule has 1 heterocycles. The lowest BCUT2D eigenvalue weighted by Gasteiger charge is -2.12. The van der Waals surface area contributed by atoms with Crippen molar-refractivity contribution >= 4 is 21.4 Å². The molecule has 98 valence electrons. The minimum Gasteiger partial charge on any atom is -0.391 e. The molecular formula is C11H19NO3S2. The van der Waals surface area contributed by atoms with Gasteiger partial charge in [-0.25, -0.2) is 13.1 Å². The van der Waals surface area contributed by atoms with Crippen LogP contribution in [0.15, 0.2) is 16.3 Å². The summed E-state index contributed by atoms with van der Waals surface area (Å²) in [6.07, 6.45) is 1.93. The van der Waals surface area contributed by atoms with E-state index in [2.05, 4.69) is 18.6 Å². The summed E-state index contributed by atoms with van der Waals surface area (Å²) in [5.74, 6) is 0.376. The first kappa shape index (κ1) is 14.6. The molecule has 0 atom stereocenters. The SMILES string of the molecule is CCC(CC)CNS(=O)(=O)c1csc(CO)c1. The standard InChI is InChI=1S/C11H19NO3S2/c1-3-9(4-2)6-12-17(14,15)11-5-10(7-13)16-8-11/h5,8-9,12-13H,3-4,6-7H2,1-2H3. The normalized spacial score (nSPS) is 12.2. The largest absolute Gasteiger partial charge is 0.391 e. The van der Waals surface area contributed by atoms with Gasteiger partial charge >= 0.3 is 0 Å². The smallest absolute Gasteiger partial charge is 0.241 e. The van der Waals surface area contributed by atoms with Crippen LogP contribution in [0.3, 0.4) is 0 Å². The highest BCUT2D eigenvalue weighted by Crippen LogP contribution is 2.19. The Kier molecular flexibility index (Phi) is 5.58. The van der Waals surface area contributed by atoms with Crippen molar-refractivity contribution in [2.75, 3.05) is 6.54 Å². The Balaban J connectivity index is 2.68. The van der Waals surface area contributed by atoms with Crippen LogP contribution in [0, 0.1) is 5.92 Å². The number of aliphatic hydroxyl groups excluding tert-OH is 1. The van der Waals surface area contributed by atoms with Gasteiger partial charge in [0, 0.05) is 16.8 Å². The Labute approximate surface area is 107 Å². The van der Waals surface area contributed by atoms with Crippen LogP contribution in [-0.2, 0) is 16.6 Å². The average Bonchev–Trinajstić information content (AvgIpc) is 2.79. The second-order valence-corrected chi connectivity index (χ2v) is 6.70. The molecule has 0 aliphatic rings. The maximum atomic E-state index is 11.9. The van der Waals surface area contributed by atoms with E-state index in [-0.39, 0.29) is 11.5 Å². The van der Waals surface area contributed by atoms with E-state index in [0.717, 1.165) is 12.8 Å². The number of hydrogen-bond acceptors (Lipinski definition) is 4. The van der Waals surface area contributed by atoms with Gasteiger partial charge in [-0.15, -0.1) is 11.3 Å². The number of sulfonamides is 1. The summed E-state index contributed by atoms with van der Waals surface area (Å²) in [6, 6.07) is 1.51. The average molecular weight is 277 g/mol. The lowest BCUT2D eigenvalue weighted by molar-refractivity contribution is 0.285. The van der Waals surface area contributed by atoms with E-state index in [4.69, 9.17) is 5.11 Å². The maximum Gasteiger partial charge on any atom is 0.241 e. The number of nitrogens with one attached hydrogen (secondary N) is 1. The molecule has 17 heavy (non-hydrogen) atoms. The van der Waals surface area contributed by atoms with Gasteiger partial charge in [0.15, 0.2) is 0 Å². The van der Waals surface area contributed by atoms with Crippen LogP contribution < -0.4 is 4.72 Å². The summed E-state index contributed by atoms with van der Waals surface area (Å²) in [7, 11) is -3.42. The van der Waals surface area contributed by atoms with Crippen molar-refractivity contribution in [2.45, 2.75) is 38.2 Å². The number of hydrogen-bond donors (Lipinski definition) is 2. The van der Waals surface area contributed by atoms with Crippen LogP contribution in [0.25, 0.3) is 0 Å². The molecule has 0 spiro atoms. The zero-order valence-corrected chi connectivity index (χ0v) is 11.8. The van der Waals surface area contributed by atoms with Crippen LogP contribution in [0.5, 0.6) is 0 Å². The molecule has 0 aliphatic heterocycles. The fourth-order valence-electron chi connectivity index (χ4n) is 1.47. The quantitative estimate of drug-likeness (QED) is 0.800. The van der Waals surface area contributed by atoms with Crippen LogP contribution in [0.4, 0.5) is 0 Å². The highest BCUT2D eigenvalue weighted by atomic mass is 32.2. The summed E-state index contributed by atoms with van der Waals surface area (Å²) < 4.78 is 26.4. The third-order valence-corrected chi connectivity index (χ3v) is 5.29.